The number of carbonyl (C=O) groups is 1. The van der Waals surface area contributed by atoms with Crippen LogP contribution in [0.2, 0.25) is 5.02 Å². The molecular formula is C25H18ClF3N2O3. The molecular weight excluding hydrogens is 469 g/mol. The number of alkyl halides is 3. The second kappa shape index (κ2) is 10.8. The molecule has 0 fully saturated rings. The van der Waals surface area contributed by atoms with E-state index in [0.29, 0.717) is 5.56 Å². The third-order valence-corrected chi connectivity index (χ3v) is 4.88. The smallest absolute Gasteiger partial charge is 0.416 e. The summed E-state index contributed by atoms with van der Waals surface area (Å²) in [7, 11) is 1.42. The third-order valence-electron chi connectivity index (χ3n) is 4.60. The lowest BCUT2D eigenvalue weighted by Crippen LogP contribution is -2.14. The lowest BCUT2D eigenvalue weighted by atomic mass is 10.1. The summed E-state index contributed by atoms with van der Waals surface area (Å²) in [6.07, 6.45) is -3.31. The maximum absolute atomic E-state index is 12.9. The molecule has 0 atom stereocenters. The predicted molar refractivity (Wildman–Crippen MR) is 122 cm³/mol. The molecule has 34 heavy (non-hydrogen) atoms. The van der Waals surface area contributed by atoms with Crippen LogP contribution in [0.5, 0.6) is 11.5 Å². The van der Waals surface area contributed by atoms with Gasteiger partial charge in [0.15, 0.2) is 11.5 Å². The van der Waals surface area contributed by atoms with Crippen molar-refractivity contribution >= 4 is 29.3 Å². The molecule has 0 aliphatic rings. The maximum atomic E-state index is 12.9. The van der Waals surface area contributed by atoms with Gasteiger partial charge in [-0.1, -0.05) is 48.0 Å². The molecule has 3 rings (SSSR count). The molecule has 174 valence electrons. The molecule has 0 aromatic heterocycles. The zero-order chi connectivity index (χ0) is 24.7. The SMILES string of the molecule is COc1cc(/C=C(\C#N)C(=O)Nc2cccc(C(F)(F)F)c2)cc(Cl)c1OCc1ccccc1. The largest absolute Gasteiger partial charge is 0.493 e. The number of anilines is 1. The van der Waals surface area contributed by atoms with Gasteiger partial charge in [-0.2, -0.15) is 18.4 Å². The van der Waals surface area contributed by atoms with Crippen LogP contribution in [-0.2, 0) is 17.6 Å². The zero-order valence-corrected chi connectivity index (χ0v) is 18.6. The molecule has 9 heteroatoms. The number of halogens is 4. The molecule has 0 radical (unpaired) electrons. The van der Waals surface area contributed by atoms with Gasteiger partial charge in [-0.3, -0.25) is 4.79 Å². The number of methoxy groups -OCH3 is 1. The van der Waals surface area contributed by atoms with Crippen LogP contribution in [0.15, 0.2) is 72.3 Å². The van der Waals surface area contributed by atoms with Gasteiger partial charge in [0.1, 0.15) is 18.2 Å². The van der Waals surface area contributed by atoms with Crippen LogP contribution in [0.1, 0.15) is 16.7 Å². The van der Waals surface area contributed by atoms with Crippen LogP contribution in [0.4, 0.5) is 18.9 Å². The number of nitrogens with one attached hydrogen (secondary N) is 1. The van der Waals surface area contributed by atoms with Gasteiger partial charge in [0.05, 0.1) is 17.7 Å². The van der Waals surface area contributed by atoms with Crippen molar-refractivity contribution in [2.75, 3.05) is 12.4 Å². The highest BCUT2D eigenvalue weighted by Crippen LogP contribution is 2.37. The summed E-state index contributed by atoms with van der Waals surface area (Å²) in [6.45, 7) is 0.245. The second-order valence-electron chi connectivity index (χ2n) is 7.01. The molecule has 0 heterocycles. The van der Waals surface area contributed by atoms with Gasteiger partial charge in [-0.15, -0.1) is 0 Å². The van der Waals surface area contributed by atoms with Crippen molar-refractivity contribution in [3.05, 3.63) is 94.0 Å². The number of rotatable bonds is 7. The number of hydrogen-bond acceptors (Lipinski definition) is 4. The minimum Gasteiger partial charge on any atom is -0.493 e. The fourth-order valence-corrected chi connectivity index (χ4v) is 3.25. The second-order valence-corrected chi connectivity index (χ2v) is 7.42. The Balaban J connectivity index is 1.82. The Bertz CT molecular complexity index is 1250. The van der Waals surface area contributed by atoms with Crippen LogP contribution in [0.25, 0.3) is 6.08 Å². The lowest BCUT2D eigenvalue weighted by molar-refractivity contribution is -0.137. The number of nitrogens with zero attached hydrogens (tertiary/aromatic N) is 1. The topological polar surface area (TPSA) is 71.3 Å². The molecule has 0 saturated carbocycles. The van der Waals surface area contributed by atoms with Crippen molar-refractivity contribution < 1.29 is 27.4 Å². The highest BCUT2D eigenvalue weighted by Gasteiger charge is 2.30. The summed E-state index contributed by atoms with van der Waals surface area (Å²) in [6, 6.07) is 18.3. The van der Waals surface area contributed by atoms with Gasteiger partial charge in [0.2, 0.25) is 0 Å². The van der Waals surface area contributed by atoms with Crippen LogP contribution < -0.4 is 14.8 Å². The van der Waals surface area contributed by atoms with E-state index in [4.69, 9.17) is 21.1 Å². The van der Waals surface area contributed by atoms with E-state index in [-0.39, 0.29) is 34.4 Å². The molecule has 0 bridgehead atoms. The van der Waals surface area contributed by atoms with E-state index in [1.807, 2.05) is 30.3 Å². The Morgan fingerprint density at radius 2 is 1.85 bits per heavy atom. The van der Waals surface area contributed by atoms with E-state index in [9.17, 15) is 23.2 Å². The molecule has 3 aromatic carbocycles. The fraction of sp³-hybridized carbons (Fsp3) is 0.120. The molecule has 1 amide bonds. The fourth-order valence-electron chi connectivity index (χ4n) is 2.98. The Hall–Kier alpha value is -3.96. The standard InChI is InChI=1S/C25H18ClF3N2O3/c1-33-22-12-17(11-21(26)23(22)34-15-16-6-3-2-4-7-16)10-18(14-30)24(32)31-20-9-5-8-19(13-20)25(27,28)29/h2-13H,15H2,1H3,(H,31,32)/b18-10+. The van der Waals surface area contributed by atoms with Crippen LogP contribution >= 0.6 is 11.6 Å². The van der Waals surface area contributed by atoms with Crippen LogP contribution in [-0.4, -0.2) is 13.0 Å². The predicted octanol–water partition coefficient (Wildman–Crippen LogP) is 6.49. The van der Waals surface area contributed by atoms with Crippen molar-refractivity contribution in [3.8, 4) is 17.6 Å². The van der Waals surface area contributed by atoms with Gasteiger partial charge in [-0.05, 0) is 47.5 Å². The normalized spacial score (nSPS) is 11.5. The first kappa shape index (κ1) is 24.7. The molecule has 0 aliphatic carbocycles. The number of benzene rings is 3. The third kappa shape index (κ3) is 6.30. The van der Waals surface area contributed by atoms with E-state index in [0.717, 1.165) is 23.8 Å². The van der Waals surface area contributed by atoms with Crippen LogP contribution in [0, 0.1) is 11.3 Å². The van der Waals surface area contributed by atoms with Gasteiger partial charge in [0.25, 0.3) is 5.91 Å². The maximum Gasteiger partial charge on any atom is 0.416 e. The molecule has 0 aliphatic heterocycles. The van der Waals surface area contributed by atoms with Crippen molar-refractivity contribution in [2.24, 2.45) is 0 Å². The lowest BCUT2D eigenvalue weighted by Gasteiger charge is -2.14. The summed E-state index contributed by atoms with van der Waals surface area (Å²) in [4.78, 5) is 12.5. The Kier molecular flexibility index (Phi) is 7.82. The highest BCUT2D eigenvalue weighted by atomic mass is 35.5. The number of hydrogen-bond donors (Lipinski definition) is 1. The molecule has 3 aromatic rings. The van der Waals surface area contributed by atoms with E-state index < -0.39 is 17.6 Å². The molecule has 0 unspecified atom stereocenters. The Morgan fingerprint density at radius 3 is 2.50 bits per heavy atom. The van der Waals surface area contributed by atoms with Gasteiger partial charge < -0.3 is 14.8 Å². The summed E-state index contributed by atoms with van der Waals surface area (Å²) in [5, 5.41) is 11.9. The number of nitriles is 1. The monoisotopic (exact) mass is 486 g/mol. The minimum absolute atomic E-state index is 0.0961. The highest BCUT2D eigenvalue weighted by molar-refractivity contribution is 6.32. The van der Waals surface area contributed by atoms with Crippen molar-refractivity contribution in [1.82, 2.24) is 0 Å². The zero-order valence-electron chi connectivity index (χ0n) is 17.8. The van der Waals surface area contributed by atoms with Crippen molar-refractivity contribution in [1.29, 1.82) is 5.26 Å². The van der Waals surface area contributed by atoms with E-state index in [1.165, 1.54) is 31.4 Å². The van der Waals surface area contributed by atoms with E-state index in [1.54, 1.807) is 6.07 Å². The first-order valence-corrected chi connectivity index (χ1v) is 10.2. The van der Waals surface area contributed by atoms with Crippen molar-refractivity contribution in [2.45, 2.75) is 12.8 Å². The van der Waals surface area contributed by atoms with Gasteiger partial charge >= 0.3 is 6.18 Å². The number of amides is 1. The molecule has 1 N–H and O–H groups in total. The van der Waals surface area contributed by atoms with E-state index in [2.05, 4.69) is 5.32 Å². The first-order valence-electron chi connectivity index (χ1n) is 9.86. The van der Waals surface area contributed by atoms with Crippen LogP contribution in [0.3, 0.4) is 0 Å². The molecule has 0 spiro atoms. The summed E-state index contributed by atoms with van der Waals surface area (Å²) < 4.78 is 49.8. The number of carbonyl (C=O) groups excluding carboxylic acids is 1. The average Bonchev–Trinajstić information content (AvgIpc) is 2.81. The minimum atomic E-state index is -4.56. The Morgan fingerprint density at radius 1 is 1.12 bits per heavy atom. The summed E-state index contributed by atoms with van der Waals surface area (Å²) in [5.41, 5.74) is -0.0718. The summed E-state index contributed by atoms with van der Waals surface area (Å²) in [5.74, 6) is -0.302. The number of ether oxygens (including phenoxy) is 2. The Labute approximate surface area is 199 Å². The summed E-state index contributed by atoms with van der Waals surface area (Å²) >= 11 is 6.35. The van der Waals surface area contributed by atoms with E-state index >= 15 is 0 Å². The molecule has 0 saturated heterocycles. The average molecular weight is 487 g/mol. The van der Waals surface area contributed by atoms with Gasteiger partial charge in [0, 0.05) is 5.69 Å². The van der Waals surface area contributed by atoms with Crippen molar-refractivity contribution in [3.63, 3.8) is 0 Å². The first-order chi connectivity index (χ1) is 16.2. The molecule has 5 nitrogen and oxygen atoms in total. The van der Waals surface area contributed by atoms with Gasteiger partial charge in [-0.25, -0.2) is 0 Å². The quantitative estimate of drug-likeness (QED) is 0.306.